The fourth-order valence-corrected chi connectivity index (χ4v) is 2.14. The molecule has 0 aliphatic carbocycles. The minimum Gasteiger partial charge on any atom is -0.497 e. The van der Waals surface area contributed by atoms with Crippen LogP contribution in [0.1, 0.15) is 5.56 Å². The number of nitrogens with zero attached hydrogens (tertiary/aromatic N) is 1. The van der Waals surface area contributed by atoms with Gasteiger partial charge in [0, 0.05) is 31.1 Å². The van der Waals surface area contributed by atoms with Gasteiger partial charge in [0.2, 0.25) is 0 Å². The predicted molar refractivity (Wildman–Crippen MR) is 77.2 cm³/mol. The number of rotatable bonds is 6. The fraction of sp³-hybridized carbons (Fsp3) is 0.500. The van der Waals surface area contributed by atoms with E-state index in [1.165, 1.54) is 0 Å². The highest BCUT2D eigenvalue weighted by atomic mass is 16.6. The average Bonchev–Trinajstić information content (AvgIpc) is 2.94. The predicted octanol–water partition coefficient (Wildman–Crippen LogP) is 0.754. The van der Waals surface area contributed by atoms with E-state index in [1.807, 2.05) is 18.2 Å². The first-order chi connectivity index (χ1) is 9.78. The average molecular weight is 279 g/mol. The second-order valence-electron chi connectivity index (χ2n) is 4.60. The number of benzene rings is 1. The summed E-state index contributed by atoms with van der Waals surface area (Å²) >= 11 is 0. The molecular formula is C14H21N3O3. The largest absolute Gasteiger partial charge is 0.497 e. The van der Waals surface area contributed by atoms with Crippen LogP contribution in [0, 0.1) is 5.92 Å². The summed E-state index contributed by atoms with van der Waals surface area (Å²) in [4.78, 5) is 5.43. The lowest BCUT2D eigenvalue weighted by molar-refractivity contribution is 0.127. The number of nitrogens with two attached hydrogens (primary N) is 1. The fourth-order valence-electron chi connectivity index (χ4n) is 2.14. The second-order valence-corrected chi connectivity index (χ2v) is 4.60. The van der Waals surface area contributed by atoms with E-state index < -0.39 is 0 Å². The molecule has 110 valence electrons. The molecule has 1 atom stereocenters. The van der Waals surface area contributed by atoms with Crippen LogP contribution in [0.25, 0.3) is 0 Å². The molecule has 0 radical (unpaired) electrons. The zero-order valence-corrected chi connectivity index (χ0v) is 11.9. The van der Waals surface area contributed by atoms with Crippen LogP contribution in [0.5, 0.6) is 11.5 Å². The van der Waals surface area contributed by atoms with Gasteiger partial charge >= 0.3 is 0 Å². The molecular weight excluding hydrogens is 258 g/mol. The van der Waals surface area contributed by atoms with Crippen molar-refractivity contribution in [2.24, 2.45) is 16.8 Å². The minimum absolute atomic E-state index is 0.266. The van der Waals surface area contributed by atoms with Gasteiger partial charge in [-0.25, -0.2) is 0 Å². The molecule has 6 nitrogen and oxygen atoms in total. The van der Waals surface area contributed by atoms with Gasteiger partial charge in [0.25, 0.3) is 0 Å². The Morgan fingerprint density at radius 1 is 1.35 bits per heavy atom. The van der Waals surface area contributed by atoms with E-state index in [4.69, 9.17) is 20.0 Å². The lowest BCUT2D eigenvalue weighted by Crippen LogP contribution is -2.22. The summed E-state index contributed by atoms with van der Waals surface area (Å²) in [5.41, 5.74) is 7.54. The third kappa shape index (κ3) is 3.40. The molecule has 1 unspecified atom stereocenters. The Kier molecular flexibility index (Phi) is 5.20. The Balaban J connectivity index is 2.01. The van der Waals surface area contributed by atoms with Crippen molar-refractivity contribution in [3.8, 4) is 11.5 Å². The van der Waals surface area contributed by atoms with Gasteiger partial charge in [-0.15, -0.1) is 0 Å². The van der Waals surface area contributed by atoms with Crippen molar-refractivity contribution < 1.29 is 14.3 Å². The SMILES string of the molecule is COc1ccc(OC)c(CO/N=C2\CNCC2CN)c1. The number of methoxy groups -OCH3 is 2. The van der Waals surface area contributed by atoms with Crippen LogP contribution in [0.15, 0.2) is 23.4 Å². The van der Waals surface area contributed by atoms with Crippen LogP contribution < -0.4 is 20.5 Å². The van der Waals surface area contributed by atoms with E-state index in [9.17, 15) is 0 Å². The maximum absolute atomic E-state index is 5.68. The van der Waals surface area contributed by atoms with Crippen LogP contribution in [-0.4, -0.2) is 39.6 Å². The summed E-state index contributed by atoms with van der Waals surface area (Å²) in [6, 6.07) is 5.58. The standard InChI is InChI=1S/C14H21N3O3/c1-18-12-3-4-14(19-2)10(5-12)9-20-17-13-8-16-7-11(13)6-15/h3-5,11,16H,6-9,15H2,1-2H3/b17-13+. The van der Waals surface area contributed by atoms with Crippen LogP contribution in [-0.2, 0) is 11.4 Å². The smallest absolute Gasteiger partial charge is 0.146 e. The highest BCUT2D eigenvalue weighted by molar-refractivity contribution is 5.90. The van der Waals surface area contributed by atoms with Crippen molar-refractivity contribution in [2.45, 2.75) is 6.61 Å². The number of hydrogen-bond acceptors (Lipinski definition) is 6. The number of hydrogen-bond donors (Lipinski definition) is 2. The molecule has 1 saturated heterocycles. The maximum atomic E-state index is 5.68. The maximum Gasteiger partial charge on any atom is 0.146 e. The van der Waals surface area contributed by atoms with Gasteiger partial charge in [0.15, 0.2) is 0 Å². The van der Waals surface area contributed by atoms with E-state index >= 15 is 0 Å². The molecule has 0 spiro atoms. The van der Waals surface area contributed by atoms with Crippen LogP contribution >= 0.6 is 0 Å². The van der Waals surface area contributed by atoms with Crippen molar-refractivity contribution in [3.63, 3.8) is 0 Å². The van der Waals surface area contributed by atoms with Gasteiger partial charge < -0.3 is 25.4 Å². The molecule has 1 aromatic carbocycles. The van der Waals surface area contributed by atoms with Crippen molar-refractivity contribution in [1.82, 2.24) is 5.32 Å². The quantitative estimate of drug-likeness (QED) is 0.752. The molecule has 0 aromatic heterocycles. The van der Waals surface area contributed by atoms with Gasteiger partial charge in [0.1, 0.15) is 18.1 Å². The number of oxime groups is 1. The van der Waals surface area contributed by atoms with E-state index in [1.54, 1.807) is 14.2 Å². The summed E-state index contributed by atoms with van der Waals surface area (Å²) < 4.78 is 10.5. The molecule has 0 amide bonds. The number of ether oxygens (including phenoxy) is 2. The van der Waals surface area contributed by atoms with Crippen molar-refractivity contribution in [1.29, 1.82) is 0 Å². The minimum atomic E-state index is 0.266. The topological polar surface area (TPSA) is 78.1 Å². The summed E-state index contributed by atoms with van der Waals surface area (Å²) in [6.07, 6.45) is 0. The lowest BCUT2D eigenvalue weighted by atomic mass is 10.1. The zero-order chi connectivity index (χ0) is 14.4. The van der Waals surface area contributed by atoms with Crippen LogP contribution in [0.2, 0.25) is 0 Å². The first-order valence-electron chi connectivity index (χ1n) is 6.59. The molecule has 1 heterocycles. The van der Waals surface area contributed by atoms with E-state index in [0.717, 1.165) is 35.9 Å². The summed E-state index contributed by atoms with van der Waals surface area (Å²) in [5, 5.41) is 7.41. The molecule has 6 heteroatoms. The lowest BCUT2D eigenvalue weighted by Gasteiger charge is -2.10. The molecule has 1 aliphatic rings. The van der Waals surface area contributed by atoms with Crippen molar-refractivity contribution >= 4 is 5.71 Å². The molecule has 2 rings (SSSR count). The highest BCUT2D eigenvalue weighted by Gasteiger charge is 2.21. The Morgan fingerprint density at radius 3 is 2.90 bits per heavy atom. The normalized spacial score (nSPS) is 20.1. The van der Waals surface area contributed by atoms with Crippen LogP contribution in [0.4, 0.5) is 0 Å². The number of nitrogens with one attached hydrogen (secondary N) is 1. The summed E-state index contributed by atoms with van der Waals surface area (Å²) in [7, 11) is 3.26. The molecule has 20 heavy (non-hydrogen) atoms. The van der Waals surface area contributed by atoms with E-state index in [2.05, 4.69) is 10.5 Å². The Morgan fingerprint density at radius 2 is 2.20 bits per heavy atom. The first-order valence-corrected chi connectivity index (χ1v) is 6.59. The highest BCUT2D eigenvalue weighted by Crippen LogP contribution is 2.24. The second kappa shape index (κ2) is 7.12. The summed E-state index contributed by atoms with van der Waals surface area (Å²) in [5.74, 6) is 1.78. The third-order valence-electron chi connectivity index (χ3n) is 3.34. The zero-order valence-electron chi connectivity index (χ0n) is 11.9. The van der Waals surface area contributed by atoms with Crippen molar-refractivity contribution in [3.05, 3.63) is 23.8 Å². The molecule has 0 saturated carbocycles. The Bertz CT molecular complexity index is 477. The molecule has 1 aromatic rings. The van der Waals surface area contributed by atoms with Gasteiger partial charge in [-0.3, -0.25) is 0 Å². The first kappa shape index (κ1) is 14.6. The van der Waals surface area contributed by atoms with Crippen molar-refractivity contribution in [2.75, 3.05) is 33.9 Å². The van der Waals surface area contributed by atoms with E-state index in [0.29, 0.717) is 13.2 Å². The molecule has 1 aliphatic heterocycles. The van der Waals surface area contributed by atoms with Gasteiger partial charge in [0.05, 0.1) is 19.9 Å². The van der Waals surface area contributed by atoms with Gasteiger partial charge in [-0.2, -0.15) is 0 Å². The third-order valence-corrected chi connectivity index (χ3v) is 3.34. The van der Waals surface area contributed by atoms with Gasteiger partial charge in [-0.1, -0.05) is 5.16 Å². The summed E-state index contributed by atoms with van der Waals surface area (Å²) in [6.45, 7) is 2.51. The molecule has 0 bridgehead atoms. The van der Waals surface area contributed by atoms with Crippen LogP contribution in [0.3, 0.4) is 0 Å². The monoisotopic (exact) mass is 279 g/mol. The molecule has 1 fully saturated rings. The Hall–Kier alpha value is -1.79. The van der Waals surface area contributed by atoms with E-state index in [-0.39, 0.29) is 5.92 Å². The Labute approximate surface area is 118 Å². The molecule has 3 N–H and O–H groups in total. The van der Waals surface area contributed by atoms with Gasteiger partial charge in [-0.05, 0) is 18.2 Å².